The minimum Gasteiger partial charge on any atom is -0.495 e. The fourth-order valence-corrected chi connectivity index (χ4v) is 6.22. The zero-order valence-corrected chi connectivity index (χ0v) is 21.0. The van der Waals surface area contributed by atoms with Gasteiger partial charge in [0.15, 0.2) is 16.1 Å². The fraction of sp³-hybridized carbons (Fsp3) is 0.375. The summed E-state index contributed by atoms with van der Waals surface area (Å²) in [6, 6.07) is 9.72. The van der Waals surface area contributed by atoms with E-state index in [1.54, 1.807) is 17.4 Å². The van der Waals surface area contributed by atoms with Gasteiger partial charge in [-0.2, -0.15) is 0 Å². The van der Waals surface area contributed by atoms with Gasteiger partial charge in [-0.15, -0.1) is 0 Å². The van der Waals surface area contributed by atoms with E-state index in [4.69, 9.17) is 21.3 Å². The molecule has 176 valence electrons. The quantitative estimate of drug-likeness (QED) is 0.343. The number of hydrogen-bond acceptors (Lipinski definition) is 5. The zero-order valence-electron chi connectivity index (χ0n) is 18.6. The van der Waals surface area contributed by atoms with Crippen molar-refractivity contribution in [1.29, 1.82) is 0 Å². The van der Waals surface area contributed by atoms with Crippen LogP contribution in [0.15, 0.2) is 41.3 Å². The minimum atomic E-state index is -1.64. The first-order valence-corrected chi connectivity index (χ1v) is 13.3. The average Bonchev–Trinajstić information content (AvgIpc) is 3.20. The predicted octanol–water partition coefficient (Wildman–Crippen LogP) is 7.05. The second kappa shape index (κ2) is 10.8. The van der Waals surface area contributed by atoms with Crippen molar-refractivity contribution in [1.82, 2.24) is 4.98 Å². The maximum absolute atomic E-state index is 13.5. The van der Waals surface area contributed by atoms with E-state index in [-0.39, 0.29) is 5.02 Å². The molecule has 1 aromatic heterocycles. The van der Waals surface area contributed by atoms with Gasteiger partial charge in [0.05, 0.1) is 22.7 Å². The van der Waals surface area contributed by atoms with Crippen LogP contribution in [0.4, 0.5) is 15.2 Å². The predicted molar refractivity (Wildman–Crippen MR) is 135 cm³/mol. The standard InChI is InChI=1S/C24H27ClFN3O2S2/c1-15-23(32-24(28-15)27-14-16-6-4-3-5-7-16)17-8-11-21(31-2)22(12-17)33(30)29-18-9-10-20(26)19(25)13-18/h8-13,16,29H,3-7,14H2,1-2H3,(H,27,28). The minimum absolute atomic E-state index is 0.0359. The van der Waals surface area contributed by atoms with Crippen molar-refractivity contribution in [2.75, 3.05) is 23.7 Å². The van der Waals surface area contributed by atoms with E-state index in [1.807, 2.05) is 19.1 Å². The van der Waals surface area contributed by atoms with Crippen LogP contribution in [-0.2, 0) is 11.0 Å². The van der Waals surface area contributed by atoms with Crippen LogP contribution >= 0.6 is 22.9 Å². The lowest BCUT2D eigenvalue weighted by atomic mass is 9.89. The lowest BCUT2D eigenvalue weighted by Gasteiger charge is -2.21. The highest BCUT2D eigenvalue weighted by Crippen LogP contribution is 2.37. The van der Waals surface area contributed by atoms with Crippen molar-refractivity contribution in [3.8, 4) is 16.2 Å². The van der Waals surface area contributed by atoms with E-state index < -0.39 is 16.8 Å². The van der Waals surface area contributed by atoms with Gasteiger partial charge in [0.2, 0.25) is 0 Å². The molecule has 0 bridgehead atoms. The molecule has 0 amide bonds. The molecule has 1 unspecified atom stereocenters. The number of nitrogens with zero attached hydrogens (tertiary/aromatic N) is 1. The third-order valence-electron chi connectivity index (χ3n) is 5.82. The molecule has 0 spiro atoms. The van der Waals surface area contributed by atoms with Crippen molar-refractivity contribution in [2.45, 2.75) is 43.9 Å². The summed E-state index contributed by atoms with van der Waals surface area (Å²) in [4.78, 5) is 6.22. The highest BCUT2D eigenvalue weighted by Gasteiger charge is 2.18. The summed E-state index contributed by atoms with van der Waals surface area (Å²) in [7, 11) is -0.101. The molecule has 1 aliphatic rings. The third kappa shape index (κ3) is 5.86. The normalized spacial score (nSPS) is 15.3. The Bertz CT molecular complexity index is 1150. The first kappa shape index (κ1) is 24.0. The van der Waals surface area contributed by atoms with Crippen LogP contribution in [0.1, 0.15) is 37.8 Å². The topological polar surface area (TPSA) is 63.2 Å². The Morgan fingerprint density at radius 3 is 2.73 bits per heavy atom. The second-order valence-electron chi connectivity index (χ2n) is 8.18. The van der Waals surface area contributed by atoms with Crippen molar-refractivity contribution in [2.24, 2.45) is 5.92 Å². The summed E-state index contributed by atoms with van der Waals surface area (Å²) in [5.74, 6) is 0.684. The van der Waals surface area contributed by atoms with Gasteiger partial charge in [0.1, 0.15) is 16.5 Å². The number of aryl methyl sites for hydroxylation is 1. The first-order valence-electron chi connectivity index (χ1n) is 11.0. The lowest BCUT2D eigenvalue weighted by molar-refractivity contribution is 0.373. The highest BCUT2D eigenvalue weighted by molar-refractivity contribution is 7.86. The summed E-state index contributed by atoms with van der Waals surface area (Å²) >= 11 is 7.45. The summed E-state index contributed by atoms with van der Waals surface area (Å²) in [5, 5.41) is 4.39. The van der Waals surface area contributed by atoms with Crippen LogP contribution in [0.5, 0.6) is 5.75 Å². The van der Waals surface area contributed by atoms with Gasteiger partial charge in [-0.05, 0) is 67.6 Å². The Morgan fingerprint density at radius 1 is 1.21 bits per heavy atom. The molecular weight excluding hydrogens is 481 g/mol. The van der Waals surface area contributed by atoms with Gasteiger partial charge >= 0.3 is 0 Å². The monoisotopic (exact) mass is 507 g/mol. The smallest absolute Gasteiger partial charge is 0.183 e. The SMILES string of the molecule is COc1ccc(-c2sc(NCC3CCCCC3)nc2C)cc1S(=O)Nc1ccc(F)c(Cl)c1. The molecule has 33 heavy (non-hydrogen) atoms. The van der Waals surface area contributed by atoms with Gasteiger partial charge in [-0.3, -0.25) is 0 Å². The molecule has 0 aliphatic heterocycles. The Balaban J connectivity index is 1.54. The molecule has 0 saturated heterocycles. The number of hydrogen-bond donors (Lipinski definition) is 2. The van der Waals surface area contributed by atoms with Crippen molar-refractivity contribution in [3.05, 3.63) is 52.9 Å². The summed E-state index contributed by atoms with van der Waals surface area (Å²) in [6.45, 7) is 2.94. The van der Waals surface area contributed by atoms with Crippen LogP contribution < -0.4 is 14.8 Å². The maximum atomic E-state index is 13.5. The molecule has 1 aliphatic carbocycles. The van der Waals surface area contributed by atoms with Crippen molar-refractivity contribution in [3.63, 3.8) is 0 Å². The highest BCUT2D eigenvalue weighted by atomic mass is 35.5. The Labute approximate surface area is 205 Å². The lowest BCUT2D eigenvalue weighted by Crippen LogP contribution is -2.16. The van der Waals surface area contributed by atoms with Gasteiger partial charge in [-0.25, -0.2) is 13.6 Å². The van der Waals surface area contributed by atoms with E-state index in [9.17, 15) is 8.60 Å². The number of anilines is 2. The number of rotatable bonds is 8. The molecule has 1 fully saturated rings. The number of thiazole rings is 1. The molecule has 0 radical (unpaired) electrons. The van der Waals surface area contributed by atoms with Crippen molar-refractivity contribution < 1.29 is 13.3 Å². The van der Waals surface area contributed by atoms with Crippen LogP contribution in [0, 0.1) is 18.7 Å². The molecule has 1 atom stereocenters. The first-order chi connectivity index (χ1) is 15.9. The van der Waals surface area contributed by atoms with Crippen LogP contribution in [0.25, 0.3) is 10.4 Å². The van der Waals surface area contributed by atoms with Gasteiger partial charge < -0.3 is 14.8 Å². The summed E-state index contributed by atoms with van der Waals surface area (Å²) in [6.07, 6.45) is 6.55. The Kier molecular flexibility index (Phi) is 7.88. The molecule has 3 aromatic rings. The number of ether oxygens (including phenoxy) is 1. The molecule has 9 heteroatoms. The molecule has 5 nitrogen and oxygen atoms in total. The van der Waals surface area contributed by atoms with Crippen LogP contribution in [-0.4, -0.2) is 22.8 Å². The largest absolute Gasteiger partial charge is 0.495 e. The van der Waals surface area contributed by atoms with Crippen molar-refractivity contribution >= 4 is 44.7 Å². The maximum Gasteiger partial charge on any atom is 0.183 e. The van der Waals surface area contributed by atoms with E-state index in [0.717, 1.165) is 27.8 Å². The number of nitrogens with one attached hydrogen (secondary N) is 2. The molecule has 1 heterocycles. The van der Waals surface area contributed by atoms with E-state index >= 15 is 0 Å². The summed E-state index contributed by atoms with van der Waals surface area (Å²) < 4.78 is 34.9. The molecule has 2 N–H and O–H groups in total. The van der Waals surface area contributed by atoms with Gasteiger partial charge in [0, 0.05) is 12.2 Å². The van der Waals surface area contributed by atoms with Crippen LogP contribution in [0.2, 0.25) is 5.02 Å². The Hall–Kier alpha value is -2.16. The molecular formula is C24H27ClFN3O2S2. The second-order valence-corrected chi connectivity index (χ2v) is 10.8. The molecule has 4 rings (SSSR count). The fourth-order valence-electron chi connectivity index (χ4n) is 4.05. The van der Waals surface area contributed by atoms with Gasteiger partial charge in [0.25, 0.3) is 0 Å². The number of methoxy groups -OCH3 is 1. The average molecular weight is 508 g/mol. The number of halogens is 2. The summed E-state index contributed by atoms with van der Waals surface area (Å²) in [5.41, 5.74) is 2.29. The van der Waals surface area contributed by atoms with E-state index in [2.05, 4.69) is 10.0 Å². The third-order valence-corrected chi connectivity index (χ3v) is 8.41. The Morgan fingerprint density at radius 2 is 2.00 bits per heavy atom. The van der Waals surface area contributed by atoms with Crippen LogP contribution in [0.3, 0.4) is 0 Å². The zero-order chi connectivity index (χ0) is 23.4. The number of benzene rings is 2. The van der Waals surface area contributed by atoms with Gasteiger partial charge in [-0.1, -0.05) is 42.2 Å². The number of aromatic nitrogens is 1. The molecule has 1 saturated carbocycles. The molecule has 2 aromatic carbocycles. The van der Waals surface area contributed by atoms with E-state index in [0.29, 0.717) is 22.3 Å². The van der Waals surface area contributed by atoms with E-state index in [1.165, 1.54) is 57.4 Å².